The lowest BCUT2D eigenvalue weighted by atomic mass is 9.92. The number of rotatable bonds is 5. The molecular formula is C49H31N3. The van der Waals surface area contributed by atoms with Crippen LogP contribution in [0, 0.1) is 0 Å². The van der Waals surface area contributed by atoms with E-state index in [-0.39, 0.29) is 0 Å². The highest BCUT2D eigenvalue weighted by molar-refractivity contribution is 5.93. The smallest absolute Gasteiger partial charge is 0.0716 e. The standard InChI is InChI=1S/C49H31N3/c1-3-9-34-23-36(15-13-32(34)7-1)44-30-48(41-16-14-33-8-2-4-10-35(33)24-41)52-49(31-44)45-28-42(37-17-19-46-39(25-37)11-5-21-50-46)27-43(29-45)38-18-20-47-40(26-38)12-6-22-51-47/h1-31H. The van der Waals surface area contributed by atoms with Crippen molar-refractivity contribution in [2.75, 3.05) is 0 Å². The second kappa shape index (κ2) is 12.4. The molecule has 0 bridgehead atoms. The van der Waals surface area contributed by atoms with Gasteiger partial charge in [-0.3, -0.25) is 9.97 Å². The quantitative estimate of drug-likeness (QED) is 0.184. The molecule has 10 rings (SSSR count). The van der Waals surface area contributed by atoms with Crippen LogP contribution in [0.15, 0.2) is 188 Å². The third-order valence-corrected chi connectivity index (χ3v) is 10.1. The predicted octanol–water partition coefficient (Wildman–Crippen LogP) is 12.8. The Kier molecular flexibility index (Phi) is 7.14. The van der Waals surface area contributed by atoms with Gasteiger partial charge in [-0.1, -0.05) is 97.1 Å². The minimum absolute atomic E-state index is 0.918. The number of fused-ring (bicyclic) bond motifs is 4. The highest BCUT2D eigenvalue weighted by Crippen LogP contribution is 2.37. The molecule has 0 fully saturated rings. The highest BCUT2D eigenvalue weighted by atomic mass is 14.7. The largest absolute Gasteiger partial charge is 0.256 e. The summed E-state index contributed by atoms with van der Waals surface area (Å²) in [5.74, 6) is 0. The Morgan fingerprint density at radius 1 is 0.250 bits per heavy atom. The van der Waals surface area contributed by atoms with Crippen molar-refractivity contribution in [1.29, 1.82) is 0 Å². The Hall–Kier alpha value is -6.97. The second-order valence-corrected chi connectivity index (χ2v) is 13.4. The van der Waals surface area contributed by atoms with Gasteiger partial charge in [-0.2, -0.15) is 0 Å². The Labute approximate surface area is 301 Å². The molecule has 0 unspecified atom stereocenters. The summed E-state index contributed by atoms with van der Waals surface area (Å²) in [6, 6.07) is 62.9. The summed E-state index contributed by atoms with van der Waals surface area (Å²) in [5, 5.41) is 7.07. The molecule has 0 aliphatic heterocycles. The van der Waals surface area contributed by atoms with Gasteiger partial charge in [0.2, 0.25) is 0 Å². The maximum absolute atomic E-state index is 5.42. The zero-order chi connectivity index (χ0) is 34.4. The minimum Gasteiger partial charge on any atom is -0.256 e. The molecular weight excluding hydrogens is 631 g/mol. The Morgan fingerprint density at radius 2 is 0.654 bits per heavy atom. The summed E-state index contributed by atoms with van der Waals surface area (Å²) in [4.78, 5) is 14.6. The summed E-state index contributed by atoms with van der Waals surface area (Å²) >= 11 is 0. The van der Waals surface area contributed by atoms with Crippen LogP contribution in [0.3, 0.4) is 0 Å². The van der Waals surface area contributed by atoms with Gasteiger partial charge in [0.25, 0.3) is 0 Å². The topological polar surface area (TPSA) is 38.7 Å². The average molecular weight is 662 g/mol. The van der Waals surface area contributed by atoms with E-state index in [2.05, 4.69) is 174 Å². The van der Waals surface area contributed by atoms with Gasteiger partial charge in [-0.25, -0.2) is 4.98 Å². The molecule has 242 valence electrons. The minimum atomic E-state index is 0.918. The number of aromatic nitrogens is 3. The molecule has 0 radical (unpaired) electrons. The van der Waals surface area contributed by atoms with Gasteiger partial charge in [0, 0.05) is 34.3 Å². The number of hydrogen-bond donors (Lipinski definition) is 0. The van der Waals surface area contributed by atoms with Crippen LogP contribution >= 0.6 is 0 Å². The molecule has 0 saturated heterocycles. The molecule has 52 heavy (non-hydrogen) atoms. The SMILES string of the molecule is c1ccc2cc(-c3cc(-c4cc(-c5ccc6ncccc6c5)cc(-c5ccc6ncccc6c5)c4)nc(-c4ccc5ccccc5c4)c3)ccc2c1. The van der Waals surface area contributed by atoms with E-state index in [1.807, 2.05) is 24.5 Å². The monoisotopic (exact) mass is 661 g/mol. The van der Waals surface area contributed by atoms with E-state index in [1.54, 1.807) is 0 Å². The number of benzene rings is 7. The van der Waals surface area contributed by atoms with Gasteiger partial charge in [-0.15, -0.1) is 0 Å². The van der Waals surface area contributed by atoms with E-state index in [1.165, 1.54) is 21.5 Å². The molecule has 0 saturated carbocycles. The molecule has 0 amide bonds. The average Bonchev–Trinajstić information content (AvgIpc) is 3.22. The molecule has 0 atom stereocenters. The Balaban J connectivity index is 1.21. The number of hydrogen-bond acceptors (Lipinski definition) is 3. The van der Waals surface area contributed by atoms with Crippen LogP contribution in [0.5, 0.6) is 0 Å². The molecule has 0 aliphatic rings. The maximum atomic E-state index is 5.42. The second-order valence-electron chi connectivity index (χ2n) is 13.4. The summed E-state index contributed by atoms with van der Waals surface area (Å²) < 4.78 is 0. The van der Waals surface area contributed by atoms with Crippen molar-refractivity contribution in [3.63, 3.8) is 0 Å². The lowest BCUT2D eigenvalue weighted by Crippen LogP contribution is -1.93. The molecule has 10 aromatic rings. The molecule has 0 aliphatic carbocycles. The van der Waals surface area contributed by atoms with E-state index in [4.69, 9.17) is 4.98 Å². The van der Waals surface area contributed by atoms with Crippen LogP contribution in [0.1, 0.15) is 0 Å². The van der Waals surface area contributed by atoms with Crippen molar-refractivity contribution in [2.24, 2.45) is 0 Å². The lowest BCUT2D eigenvalue weighted by Gasteiger charge is -2.15. The third kappa shape index (κ3) is 5.55. The van der Waals surface area contributed by atoms with Crippen molar-refractivity contribution in [1.82, 2.24) is 15.0 Å². The van der Waals surface area contributed by atoms with Crippen LogP contribution < -0.4 is 0 Å². The number of pyridine rings is 3. The first-order valence-electron chi connectivity index (χ1n) is 17.6. The molecule has 3 heterocycles. The molecule has 7 aromatic carbocycles. The van der Waals surface area contributed by atoms with E-state index in [0.29, 0.717) is 0 Å². The van der Waals surface area contributed by atoms with Crippen LogP contribution in [0.2, 0.25) is 0 Å². The van der Waals surface area contributed by atoms with Gasteiger partial charge in [0.1, 0.15) is 0 Å². The van der Waals surface area contributed by atoms with Crippen molar-refractivity contribution in [3.05, 3.63) is 188 Å². The van der Waals surface area contributed by atoms with E-state index < -0.39 is 0 Å². The summed E-state index contributed by atoms with van der Waals surface area (Å²) in [7, 11) is 0. The Bertz CT molecular complexity index is 2580. The lowest BCUT2D eigenvalue weighted by molar-refractivity contribution is 1.32. The normalized spacial score (nSPS) is 11.5. The molecule has 3 heteroatoms. The van der Waals surface area contributed by atoms with Gasteiger partial charge in [0.15, 0.2) is 0 Å². The first kappa shape index (κ1) is 29.9. The van der Waals surface area contributed by atoms with Crippen LogP contribution in [0.25, 0.3) is 99.2 Å². The zero-order valence-electron chi connectivity index (χ0n) is 28.2. The fraction of sp³-hybridized carbons (Fsp3) is 0. The van der Waals surface area contributed by atoms with Gasteiger partial charge in [0.05, 0.1) is 22.4 Å². The van der Waals surface area contributed by atoms with Crippen molar-refractivity contribution in [2.45, 2.75) is 0 Å². The van der Waals surface area contributed by atoms with Crippen LogP contribution in [-0.2, 0) is 0 Å². The fourth-order valence-corrected chi connectivity index (χ4v) is 7.33. The Morgan fingerprint density at radius 3 is 1.23 bits per heavy atom. The van der Waals surface area contributed by atoms with E-state index in [0.717, 1.165) is 77.7 Å². The van der Waals surface area contributed by atoms with E-state index >= 15 is 0 Å². The highest BCUT2D eigenvalue weighted by Gasteiger charge is 2.14. The first-order valence-corrected chi connectivity index (χ1v) is 17.6. The number of nitrogens with zero attached hydrogens (tertiary/aromatic N) is 3. The molecule has 3 aromatic heterocycles. The summed E-state index contributed by atoms with van der Waals surface area (Å²) in [5.41, 5.74) is 12.7. The van der Waals surface area contributed by atoms with E-state index in [9.17, 15) is 0 Å². The maximum Gasteiger partial charge on any atom is 0.0716 e. The third-order valence-electron chi connectivity index (χ3n) is 10.1. The molecule has 0 spiro atoms. The summed E-state index contributed by atoms with van der Waals surface area (Å²) in [6.07, 6.45) is 3.69. The van der Waals surface area contributed by atoms with Gasteiger partial charge >= 0.3 is 0 Å². The van der Waals surface area contributed by atoms with Gasteiger partial charge < -0.3 is 0 Å². The molecule has 0 N–H and O–H groups in total. The van der Waals surface area contributed by atoms with Crippen molar-refractivity contribution >= 4 is 43.4 Å². The fourth-order valence-electron chi connectivity index (χ4n) is 7.33. The predicted molar refractivity (Wildman–Crippen MR) is 217 cm³/mol. The summed E-state index contributed by atoms with van der Waals surface area (Å²) in [6.45, 7) is 0. The van der Waals surface area contributed by atoms with Crippen LogP contribution in [-0.4, -0.2) is 15.0 Å². The zero-order valence-corrected chi connectivity index (χ0v) is 28.2. The van der Waals surface area contributed by atoms with Crippen LogP contribution in [0.4, 0.5) is 0 Å². The molecule has 3 nitrogen and oxygen atoms in total. The first-order chi connectivity index (χ1) is 25.7. The van der Waals surface area contributed by atoms with Crippen molar-refractivity contribution < 1.29 is 0 Å². The van der Waals surface area contributed by atoms with Crippen molar-refractivity contribution in [3.8, 4) is 55.9 Å². The van der Waals surface area contributed by atoms with Gasteiger partial charge in [-0.05, 0) is 134 Å².